The zero-order chi connectivity index (χ0) is 22.1. The average molecular weight is 439 g/mol. The molecule has 3 atom stereocenters. The van der Waals surface area contributed by atoms with E-state index in [2.05, 4.69) is 25.1 Å². The van der Waals surface area contributed by atoms with Crippen LogP contribution in [0.4, 0.5) is 4.39 Å². The molecule has 2 fully saturated rings. The highest BCUT2D eigenvalue weighted by atomic mass is 32.2. The van der Waals surface area contributed by atoms with Crippen LogP contribution < -0.4 is 14.2 Å². The molecule has 0 aliphatic heterocycles. The molecule has 166 valence electrons. The van der Waals surface area contributed by atoms with Gasteiger partial charge in [-0.05, 0) is 50.5 Å². The summed E-state index contributed by atoms with van der Waals surface area (Å²) >= 11 is 0. The molecule has 0 spiro atoms. The number of ether oxygens (including phenoxy) is 2. The van der Waals surface area contributed by atoms with Crippen molar-refractivity contribution in [2.75, 3.05) is 13.7 Å². The summed E-state index contributed by atoms with van der Waals surface area (Å²) in [6.07, 6.45) is 5.08. The lowest BCUT2D eigenvalue weighted by atomic mass is 9.67. The van der Waals surface area contributed by atoms with Crippen molar-refractivity contribution in [3.05, 3.63) is 35.7 Å². The third-order valence-electron chi connectivity index (χ3n) is 6.06. The SMILES string of the molecule is C=C1CC(C)CC(CC)(COc2cc(F)c(C(=O)NS(=N)(=O)C3CC3)cc2OC)C1. The Morgan fingerprint density at radius 2 is 2.10 bits per heavy atom. The van der Waals surface area contributed by atoms with E-state index in [1.165, 1.54) is 18.7 Å². The third kappa shape index (κ3) is 4.96. The summed E-state index contributed by atoms with van der Waals surface area (Å²) in [5, 5.41) is -0.355. The van der Waals surface area contributed by atoms with E-state index in [0.717, 1.165) is 31.7 Å². The van der Waals surface area contributed by atoms with Gasteiger partial charge in [-0.15, -0.1) is 0 Å². The largest absolute Gasteiger partial charge is 0.493 e. The molecule has 1 amide bonds. The molecular formula is C22H31FN2O4S. The molecule has 2 N–H and O–H groups in total. The first kappa shape index (κ1) is 22.6. The topological polar surface area (TPSA) is 88.5 Å². The molecule has 6 nitrogen and oxygen atoms in total. The molecular weight excluding hydrogens is 407 g/mol. The second-order valence-electron chi connectivity index (χ2n) is 8.80. The lowest BCUT2D eigenvalue weighted by Crippen LogP contribution is -2.34. The van der Waals surface area contributed by atoms with Crippen LogP contribution in [0.3, 0.4) is 0 Å². The molecule has 2 aliphatic carbocycles. The summed E-state index contributed by atoms with van der Waals surface area (Å²) in [4.78, 5) is 12.4. The van der Waals surface area contributed by atoms with E-state index in [4.69, 9.17) is 14.3 Å². The van der Waals surface area contributed by atoms with Gasteiger partial charge in [-0.2, -0.15) is 0 Å². The van der Waals surface area contributed by atoms with Crippen molar-refractivity contribution in [3.63, 3.8) is 0 Å². The molecule has 8 heteroatoms. The Morgan fingerprint density at radius 1 is 1.40 bits per heavy atom. The minimum absolute atomic E-state index is 0.0622. The van der Waals surface area contributed by atoms with Crippen molar-refractivity contribution in [1.82, 2.24) is 4.72 Å². The molecule has 1 aromatic rings. The zero-order valence-electron chi connectivity index (χ0n) is 17.9. The maximum atomic E-state index is 14.7. The van der Waals surface area contributed by atoms with E-state index in [-0.39, 0.29) is 27.7 Å². The fourth-order valence-corrected chi connectivity index (χ4v) is 5.70. The Morgan fingerprint density at radius 3 is 2.67 bits per heavy atom. The number of allylic oxidation sites excluding steroid dienone is 1. The first-order valence-electron chi connectivity index (χ1n) is 10.4. The molecule has 0 radical (unpaired) electrons. The maximum absolute atomic E-state index is 14.7. The van der Waals surface area contributed by atoms with Crippen LogP contribution in [0.5, 0.6) is 11.5 Å². The summed E-state index contributed by atoms with van der Waals surface area (Å²) < 4.78 is 48.2. The number of carbonyl (C=O) groups is 1. The van der Waals surface area contributed by atoms with Gasteiger partial charge in [0.05, 0.1) is 24.5 Å². The molecule has 30 heavy (non-hydrogen) atoms. The summed E-state index contributed by atoms with van der Waals surface area (Å²) in [5.74, 6) is -0.728. The monoisotopic (exact) mass is 438 g/mol. The van der Waals surface area contributed by atoms with Crippen LogP contribution in [0.2, 0.25) is 0 Å². The Bertz CT molecular complexity index is 943. The van der Waals surface area contributed by atoms with Gasteiger partial charge in [-0.1, -0.05) is 26.0 Å². The van der Waals surface area contributed by atoms with E-state index < -0.39 is 21.6 Å². The molecule has 2 aliphatic rings. The Kier molecular flexibility index (Phi) is 6.45. The molecule has 0 bridgehead atoms. The van der Waals surface area contributed by atoms with Gasteiger partial charge in [-0.25, -0.2) is 13.4 Å². The zero-order valence-corrected chi connectivity index (χ0v) is 18.7. The number of carbonyl (C=O) groups excluding carboxylic acids is 1. The molecule has 3 unspecified atom stereocenters. The number of hydrogen-bond donors (Lipinski definition) is 2. The third-order valence-corrected chi connectivity index (χ3v) is 7.96. The van der Waals surface area contributed by atoms with Gasteiger partial charge >= 0.3 is 0 Å². The first-order valence-corrected chi connectivity index (χ1v) is 12.0. The minimum atomic E-state index is -3.27. The molecule has 0 heterocycles. The number of rotatable bonds is 8. The average Bonchev–Trinajstić information content (AvgIpc) is 3.51. The molecule has 2 saturated carbocycles. The molecule has 3 rings (SSSR count). The van der Waals surface area contributed by atoms with Gasteiger partial charge in [0.2, 0.25) is 0 Å². The van der Waals surface area contributed by atoms with Crippen molar-refractivity contribution >= 4 is 15.8 Å². The number of methoxy groups -OCH3 is 1. The van der Waals surface area contributed by atoms with Gasteiger partial charge in [0.1, 0.15) is 15.7 Å². The summed E-state index contributed by atoms with van der Waals surface area (Å²) in [6.45, 7) is 8.89. The van der Waals surface area contributed by atoms with Crippen LogP contribution >= 0.6 is 0 Å². The van der Waals surface area contributed by atoms with E-state index in [0.29, 0.717) is 25.4 Å². The number of amides is 1. The van der Waals surface area contributed by atoms with Gasteiger partial charge in [0.25, 0.3) is 5.91 Å². The summed E-state index contributed by atoms with van der Waals surface area (Å²) in [5.41, 5.74) is 0.830. The molecule has 0 saturated heterocycles. The fraction of sp³-hybridized carbons (Fsp3) is 0.591. The van der Waals surface area contributed by atoms with Gasteiger partial charge in [-0.3, -0.25) is 9.52 Å². The fourth-order valence-electron chi connectivity index (χ4n) is 4.35. The Labute approximate surface area is 178 Å². The Balaban J connectivity index is 1.78. The van der Waals surface area contributed by atoms with Gasteiger partial charge in [0, 0.05) is 11.5 Å². The quantitative estimate of drug-likeness (QED) is 0.569. The number of benzene rings is 1. The van der Waals surface area contributed by atoms with Crippen molar-refractivity contribution in [1.29, 1.82) is 4.78 Å². The van der Waals surface area contributed by atoms with Gasteiger partial charge in [0.15, 0.2) is 11.5 Å². The highest BCUT2D eigenvalue weighted by Crippen LogP contribution is 2.45. The number of halogens is 1. The van der Waals surface area contributed by atoms with Crippen molar-refractivity contribution in [2.24, 2.45) is 11.3 Å². The second-order valence-corrected chi connectivity index (χ2v) is 10.9. The lowest BCUT2D eigenvalue weighted by Gasteiger charge is -2.40. The number of nitrogens with one attached hydrogen (secondary N) is 2. The van der Waals surface area contributed by atoms with Gasteiger partial charge < -0.3 is 9.47 Å². The predicted molar refractivity (Wildman–Crippen MR) is 115 cm³/mol. The smallest absolute Gasteiger partial charge is 0.266 e. The summed E-state index contributed by atoms with van der Waals surface area (Å²) in [6, 6.07) is 2.37. The molecule has 0 aromatic heterocycles. The predicted octanol–water partition coefficient (Wildman–Crippen LogP) is 4.84. The van der Waals surface area contributed by atoms with E-state index in [9.17, 15) is 13.4 Å². The highest BCUT2D eigenvalue weighted by Gasteiger charge is 2.37. The van der Waals surface area contributed by atoms with Crippen molar-refractivity contribution < 1.29 is 22.9 Å². The van der Waals surface area contributed by atoms with Crippen LogP contribution in [0.1, 0.15) is 62.7 Å². The highest BCUT2D eigenvalue weighted by molar-refractivity contribution is 7.92. The Hall–Kier alpha value is -2.09. The summed E-state index contributed by atoms with van der Waals surface area (Å²) in [7, 11) is -1.86. The van der Waals surface area contributed by atoms with Crippen molar-refractivity contribution in [3.8, 4) is 11.5 Å². The van der Waals surface area contributed by atoms with Crippen LogP contribution in [-0.2, 0) is 9.92 Å². The standard InChI is InChI=1S/C22H31FN2O4S/c1-5-22(11-14(2)8-15(3)12-22)13-29-20-10-18(23)17(9-19(20)28-4)21(26)25-30(24,27)16-6-7-16/h9-10,15-16H,2,5-8,11-13H2,1,3-4H3,(H2,24,25,26,27). The van der Waals surface area contributed by atoms with Crippen LogP contribution in [0, 0.1) is 21.9 Å². The van der Waals surface area contributed by atoms with E-state index >= 15 is 0 Å². The van der Waals surface area contributed by atoms with Crippen molar-refractivity contribution in [2.45, 2.75) is 57.6 Å². The van der Waals surface area contributed by atoms with Crippen LogP contribution in [-0.4, -0.2) is 29.1 Å². The first-order chi connectivity index (χ1) is 14.1. The van der Waals surface area contributed by atoms with Crippen LogP contribution in [0.25, 0.3) is 0 Å². The van der Waals surface area contributed by atoms with E-state index in [1.807, 2.05) is 0 Å². The molecule has 1 aromatic carbocycles. The second kappa shape index (κ2) is 8.57. The normalized spacial score (nSPS) is 26.0. The maximum Gasteiger partial charge on any atom is 0.266 e. The van der Waals surface area contributed by atoms with Crippen LogP contribution in [0.15, 0.2) is 24.3 Å². The van der Waals surface area contributed by atoms with E-state index in [1.54, 1.807) is 0 Å². The lowest BCUT2D eigenvalue weighted by molar-refractivity contribution is 0.0890. The minimum Gasteiger partial charge on any atom is -0.493 e. The number of hydrogen-bond acceptors (Lipinski definition) is 5.